The molecular formula is C31H35Cl3SiTi. The molecule has 188 valence electrons. The van der Waals surface area contributed by atoms with Crippen molar-refractivity contribution in [3.63, 3.8) is 0 Å². The van der Waals surface area contributed by atoms with E-state index in [4.69, 9.17) is 0 Å². The fraction of sp³-hybridized carbons (Fsp3) is 0.290. The summed E-state index contributed by atoms with van der Waals surface area (Å²) in [5.74, 6) is 0. The van der Waals surface area contributed by atoms with Crippen molar-refractivity contribution in [2.45, 2.75) is 58.9 Å². The third-order valence-electron chi connectivity index (χ3n) is 8.12. The van der Waals surface area contributed by atoms with Crippen molar-refractivity contribution < 1.29 is 57.7 Å². The Morgan fingerprint density at radius 1 is 0.667 bits per heavy atom. The molecule has 0 saturated carbocycles. The van der Waals surface area contributed by atoms with Gasteiger partial charge in [-0.1, -0.05) is 0 Å². The number of hydrogen-bond acceptors (Lipinski definition) is 0. The van der Waals surface area contributed by atoms with Gasteiger partial charge in [-0.05, 0) is 0 Å². The van der Waals surface area contributed by atoms with E-state index in [0.717, 1.165) is 6.42 Å². The summed E-state index contributed by atoms with van der Waals surface area (Å²) in [7, 11) is -2.49. The molecule has 0 radical (unpaired) electrons. The fourth-order valence-electron chi connectivity index (χ4n) is 5.92. The summed E-state index contributed by atoms with van der Waals surface area (Å²) in [6.45, 7) is 11.8. The Kier molecular flexibility index (Phi) is 12.5. The van der Waals surface area contributed by atoms with E-state index in [2.05, 4.69) is 140 Å². The number of rotatable bonds is 7. The summed E-state index contributed by atoms with van der Waals surface area (Å²) in [6.07, 6.45) is 3.65. The SMILES string of the molecule is CCCCc1ccc([Si](c2ccccc2)(c2ccccc2)C2(C)C(C)=C(C)C(C)=[C]2[Ti+3])cc1.[Cl-].[Cl-].[Cl-]. The Hall–Kier alpha value is -1.06. The Bertz CT molecular complexity index is 1120. The summed E-state index contributed by atoms with van der Waals surface area (Å²) in [5, 5.41) is 4.45. The zero-order chi connectivity index (χ0) is 23.6. The molecule has 0 amide bonds. The van der Waals surface area contributed by atoms with Crippen LogP contribution >= 0.6 is 0 Å². The van der Waals surface area contributed by atoms with Gasteiger partial charge >= 0.3 is 214 Å². The van der Waals surface area contributed by atoms with Crippen LogP contribution in [0.2, 0.25) is 5.04 Å². The average molecular weight is 590 g/mol. The number of hydrogen-bond donors (Lipinski definition) is 0. The number of aryl methyl sites for hydroxylation is 1. The van der Waals surface area contributed by atoms with Gasteiger partial charge < -0.3 is 37.2 Å². The van der Waals surface area contributed by atoms with E-state index in [0.29, 0.717) is 0 Å². The van der Waals surface area contributed by atoms with Gasteiger partial charge in [0.15, 0.2) is 0 Å². The van der Waals surface area contributed by atoms with E-state index in [1.165, 1.54) is 54.6 Å². The molecule has 0 saturated heterocycles. The van der Waals surface area contributed by atoms with Gasteiger partial charge in [-0.15, -0.1) is 0 Å². The summed E-state index contributed by atoms with van der Waals surface area (Å²) in [6, 6.07) is 32.5. The molecule has 0 aliphatic heterocycles. The van der Waals surface area contributed by atoms with E-state index in [1.54, 1.807) is 0 Å². The molecule has 5 heteroatoms. The molecule has 3 aromatic carbocycles. The third-order valence-corrected chi connectivity index (χ3v) is 15.6. The second kappa shape index (κ2) is 13.7. The zero-order valence-electron chi connectivity index (χ0n) is 21.8. The third kappa shape index (κ3) is 5.26. The first-order valence-electron chi connectivity index (χ1n) is 12.2. The molecule has 4 rings (SSSR count). The minimum atomic E-state index is -2.49. The van der Waals surface area contributed by atoms with Gasteiger partial charge in [0, 0.05) is 0 Å². The molecule has 0 nitrogen and oxygen atoms in total. The summed E-state index contributed by atoms with van der Waals surface area (Å²) in [5.41, 5.74) is 5.93. The van der Waals surface area contributed by atoms with Crippen molar-refractivity contribution in [2.75, 3.05) is 0 Å². The van der Waals surface area contributed by atoms with Crippen molar-refractivity contribution in [1.29, 1.82) is 0 Å². The fourth-order valence-corrected chi connectivity index (χ4v) is 13.5. The monoisotopic (exact) mass is 588 g/mol. The maximum absolute atomic E-state index is 2.54. The standard InChI is InChI=1S/C31H35Si.3ClH.Ti/c1-6-7-14-27-19-21-30(22-20-27)32(28-15-10-8-11-16-28,29-17-12-9-13-18-29)31(5)23-24(2)25(3)26(31)4;;;;/h8-13,15-22H,6-7,14H2,1-5H3;3*1H;/q;;;;+3/p-3. The molecular weight excluding hydrogens is 555 g/mol. The van der Waals surface area contributed by atoms with Crippen molar-refractivity contribution in [2.24, 2.45) is 0 Å². The predicted octanol–water partition coefficient (Wildman–Crippen LogP) is -2.56. The maximum atomic E-state index is 2.54. The van der Waals surface area contributed by atoms with E-state index in [-0.39, 0.29) is 42.3 Å². The van der Waals surface area contributed by atoms with Crippen LogP contribution in [0.3, 0.4) is 0 Å². The van der Waals surface area contributed by atoms with Crippen molar-refractivity contribution in [1.82, 2.24) is 0 Å². The Balaban J connectivity index is 0.00000216. The van der Waals surface area contributed by atoms with E-state index >= 15 is 0 Å². The molecule has 36 heavy (non-hydrogen) atoms. The van der Waals surface area contributed by atoms with Crippen LogP contribution in [0.1, 0.15) is 53.0 Å². The minimum Gasteiger partial charge on any atom is -1.00 e. The maximum Gasteiger partial charge on any atom is -1.00 e. The second-order valence-corrected chi connectivity index (χ2v) is 14.7. The molecule has 1 aliphatic rings. The van der Waals surface area contributed by atoms with Gasteiger partial charge in [0.25, 0.3) is 0 Å². The van der Waals surface area contributed by atoms with Crippen molar-refractivity contribution in [3.05, 3.63) is 111 Å². The second-order valence-electron chi connectivity index (χ2n) is 9.66. The zero-order valence-corrected chi connectivity index (χ0v) is 26.7. The molecule has 1 aliphatic carbocycles. The van der Waals surface area contributed by atoms with Crippen LogP contribution in [-0.4, -0.2) is 8.07 Å². The molecule has 0 aromatic heterocycles. The molecule has 0 fully saturated rings. The van der Waals surface area contributed by atoms with Gasteiger partial charge in [-0.2, -0.15) is 0 Å². The van der Waals surface area contributed by atoms with Crippen molar-refractivity contribution >= 4 is 23.6 Å². The van der Waals surface area contributed by atoms with Crippen LogP contribution < -0.4 is 52.8 Å². The van der Waals surface area contributed by atoms with Crippen LogP contribution in [0.5, 0.6) is 0 Å². The van der Waals surface area contributed by atoms with Crippen LogP contribution in [0, 0.1) is 0 Å². The number of allylic oxidation sites excluding steroid dienone is 4. The van der Waals surface area contributed by atoms with E-state index < -0.39 is 8.07 Å². The first-order chi connectivity index (χ1) is 15.9. The summed E-state index contributed by atoms with van der Waals surface area (Å²) >= 11 is 2.39. The predicted molar refractivity (Wildman–Crippen MR) is 142 cm³/mol. The van der Waals surface area contributed by atoms with Crippen LogP contribution in [0.15, 0.2) is 106 Å². The summed E-state index contributed by atoms with van der Waals surface area (Å²) < 4.78 is 1.53. The normalized spacial score (nSPS) is 17.3. The number of halogens is 3. The van der Waals surface area contributed by atoms with Gasteiger partial charge in [-0.3, -0.25) is 0 Å². The van der Waals surface area contributed by atoms with Crippen molar-refractivity contribution in [3.8, 4) is 0 Å². The quantitative estimate of drug-likeness (QED) is 0.210. The Labute approximate surface area is 249 Å². The van der Waals surface area contributed by atoms with Gasteiger partial charge in [0.05, 0.1) is 0 Å². The Morgan fingerprint density at radius 2 is 1.11 bits per heavy atom. The van der Waals surface area contributed by atoms with Gasteiger partial charge in [0.1, 0.15) is 0 Å². The molecule has 3 aromatic rings. The number of unbranched alkanes of at least 4 members (excludes halogenated alkanes) is 1. The largest absolute Gasteiger partial charge is 1.00 e. The van der Waals surface area contributed by atoms with E-state index in [9.17, 15) is 0 Å². The summed E-state index contributed by atoms with van der Waals surface area (Å²) in [4.78, 5) is 0. The first kappa shape index (κ1) is 33.0. The first-order valence-corrected chi connectivity index (χ1v) is 15.0. The molecule has 1 unspecified atom stereocenters. The van der Waals surface area contributed by atoms with E-state index in [1.807, 2.05) is 0 Å². The average Bonchev–Trinajstić information content (AvgIpc) is 3.01. The number of benzene rings is 3. The molecule has 0 bridgehead atoms. The Morgan fingerprint density at radius 3 is 1.50 bits per heavy atom. The molecule has 0 N–H and O–H groups in total. The molecule has 0 heterocycles. The minimum absolute atomic E-state index is 0. The van der Waals surface area contributed by atoms with Gasteiger partial charge in [-0.25, -0.2) is 0 Å². The van der Waals surface area contributed by atoms with Gasteiger partial charge in [0.2, 0.25) is 0 Å². The topological polar surface area (TPSA) is 0 Å². The molecule has 0 spiro atoms. The van der Waals surface area contributed by atoms with Crippen LogP contribution in [0.25, 0.3) is 0 Å². The molecule has 1 atom stereocenters. The van der Waals surface area contributed by atoms with Crippen LogP contribution in [-0.2, 0) is 26.9 Å². The smallest absolute Gasteiger partial charge is 1.00 e. The van der Waals surface area contributed by atoms with Crippen LogP contribution in [0.4, 0.5) is 0 Å².